The van der Waals surface area contributed by atoms with Crippen LogP contribution in [0, 0.1) is 0 Å². The van der Waals surface area contributed by atoms with Crippen molar-refractivity contribution in [2.45, 2.75) is 44.1 Å². The Kier molecular flexibility index (Phi) is 4.75. The molecule has 1 saturated heterocycles. The normalized spacial score (nSPS) is 25.8. The van der Waals surface area contributed by atoms with Gasteiger partial charge < -0.3 is 10.1 Å². The Morgan fingerprint density at radius 2 is 2.29 bits per heavy atom. The molecule has 1 amide bonds. The lowest BCUT2D eigenvalue weighted by Gasteiger charge is -2.21. The van der Waals surface area contributed by atoms with E-state index < -0.39 is 0 Å². The fourth-order valence-electron chi connectivity index (χ4n) is 1.54. The molecule has 1 fully saturated rings. The van der Waals surface area contributed by atoms with Crippen molar-refractivity contribution in [3.63, 3.8) is 0 Å². The van der Waals surface area contributed by atoms with E-state index in [9.17, 15) is 4.79 Å². The van der Waals surface area contributed by atoms with Gasteiger partial charge in [0, 0.05) is 6.61 Å². The predicted molar refractivity (Wildman–Crippen MR) is 59.6 cm³/mol. The molecule has 0 spiro atoms. The maximum Gasteiger partial charge on any atom is 0.233 e. The van der Waals surface area contributed by atoms with Gasteiger partial charge in [-0.2, -0.15) is 11.8 Å². The number of amides is 1. The average molecular weight is 217 g/mol. The first kappa shape index (κ1) is 11.9. The molecule has 0 bridgehead atoms. The van der Waals surface area contributed by atoms with Crippen LogP contribution in [0.15, 0.2) is 0 Å². The number of carbonyl (C=O) groups excluding carboxylic acids is 1. The summed E-state index contributed by atoms with van der Waals surface area (Å²) in [6.45, 7) is 4.77. The maximum absolute atomic E-state index is 11.6. The first-order valence-corrected chi connectivity index (χ1v) is 6.38. The third-order valence-corrected chi connectivity index (χ3v) is 3.54. The lowest BCUT2D eigenvalue weighted by molar-refractivity contribution is -0.121. The third kappa shape index (κ3) is 3.17. The quantitative estimate of drug-likeness (QED) is 0.774. The molecule has 0 aromatic rings. The Bertz CT molecular complexity index is 193. The van der Waals surface area contributed by atoms with Crippen LogP contribution in [-0.4, -0.2) is 36.2 Å². The molecule has 1 rings (SSSR count). The van der Waals surface area contributed by atoms with Crippen LogP contribution in [0.25, 0.3) is 0 Å². The number of hydrogen-bond donors (Lipinski definition) is 1. The van der Waals surface area contributed by atoms with Crippen molar-refractivity contribution < 1.29 is 9.53 Å². The lowest BCUT2D eigenvalue weighted by Crippen LogP contribution is -2.43. The molecule has 1 aliphatic heterocycles. The van der Waals surface area contributed by atoms with E-state index in [0.29, 0.717) is 0 Å². The molecule has 0 aromatic carbocycles. The van der Waals surface area contributed by atoms with Crippen molar-refractivity contribution in [1.29, 1.82) is 0 Å². The Morgan fingerprint density at radius 1 is 1.57 bits per heavy atom. The van der Waals surface area contributed by atoms with Gasteiger partial charge in [0.1, 0.15) is 0 Å². The Labute approximate surface area is 90.0 Å². The summed E-state index contributed by atoms with van der Waals surface area (Å²) in [5.41, 5.74) is 0. The molecular weight excluding hydrogens is 198 g/mol. The number of hydrogen-bond acceptors (Lipinski definition) is 3. The molecular formula is C10H19NO2S. The fourth-order valence-corrected chi connectivity index (χ4v) is 1.82. The van der Waals surface area contributed by atoms with Crippen LogP contribution < -0.4 is 5.32 Å². The second kappa shape index (κ2) is 5.61. The molecule has 1 heterocycles. The van der Waals surface area contributed by atoms with E-state index in [1.807, 2.05) is 20.1 Å². The Morgan fingerprint density at radius 3 is 2.79 bits per heavy atom. The molecule has 3 atom stereocenters. The standard InChI is InChI=1S/C10H19NO2S/c1-7(9-5-4-6-13-9)11-10(12)8(2)14-3/h7-9H,4-6H2,1-3H3,(H,11,12)/t7-,8+,9-/m0/s1. The lowest BCUT2D eigenvalue weighted by atomic mass is 10.1. The SMILES string of the molecule is CS[C@H](C)C(=O)N[C@@H](C)[C@@H]1CCCO1. The summed E-state index contributed by atoms with van der Waals surface area (Å²) < 4.78 is 5.51. The van der Waals surface area contributed by atoms with Gasteiger partial charge in [0.15, 0.2) is 0 Å². The largest absolute Gasteiger partial charge is 0.376 e. The van der Waals surface area contributed by atoms with Gasteiger partial charge in [-0.05, 0) is 32.9 Å². The molecule has 0 saturated carbocycles. The van der Waals surface area contributed by atoms with Gasteiger partial charge in [0.25, 0.3) is 0 Å². The number of thioether (sulfide) groups is 1. The minimum absolute atomic E-state index is 0.0267. The van der Waals surface area contributed by atoms with Gasteiger partial charge in [-0.1, -0.05) is 0 Å². The van der Waals surface area contributed by atoms with E-state index in [1.54, 1.807) is 11.8 Å². The van der Waals surface area contributed by atoms with Crippen molar-refractivity contribution in [2.24, 2.45) is 0 Å². The monoisotopic (exact) mass is 217 g/mol. The maximum atomic E-state index is 11.6. The van der Waals surface area contributed by atoms with Crippen LogP contribution in [0.2, 0.25) is 0 Å². The molecule has 0 aromatic heterocycles. The molecule has 14 heavy (non-hydrogen) atoms. The average Bonchev–Trinajstić information content (AvgIpc) is 2.69. The highest BCUT2D eigenvalue weighted by Crippen LogP contribution is 2.16. The summed E-state index contributed by atoms with van der Waals surface area (Å²) in [4.78, 5) is 11.6. The first-order valence-electron chi connectivity index (χ1n) is 5.10. The summed E-state index contributed by atoms with van der Waals surface area (Å²) >= 11 is 1.56. The van der Waals surface area contributed by atoms with Gasteiger partial charge in [-0.25, -0.2) is 0 Å². The van der Waals surface area contributed by atoms with Crippen molar-refractivity contribution >= 4 is 17.7 Å². The van der Waals surface area contributed by atoms with Gasteiger partial charge in [-0.3, -0.25) is 4.79 Å². The van der Waals surface area contributed by atoms with Gasteiger partial charge in [0.05, 0.1) is 17.4 Å². The van der Waals surface area contributed by atoms with E-state index >= 15 is 0 Å². The van der Waals surface area contributed by atoms with Crippen molar-refractivity contribution in [3.05, 3.63) is 0 Å². The van der Waals surface area contributed by atoms with E-state index in [1.165, 1.54) is 0 Å². The number of ether oxygens (including phenoxy) is 1. The molecule has 1 aliphatic rings. The highest BCUT2D eigenvalue weighted by molar-refractivity contribution is 7.99. The third-order valence-electron chi connectivity index (χ3n) is 2.62. The second-order valence-corrected chi connectivity index (χ2v) is 4.91. The van der Waals surface area contributed by atoms with E-state index in [-0.39, 0.29) is 23.3 Å². The van der Waals surface area contributed by atoms with E-state index in [0.717, 1.165) is 19.4 Å². The summed E-state index contributed by atoms with van der Waals surface area (Å²) in [5, 5.41) is 3.01. The summed E-state index contributed by atoms with van der Waals surface area (Å²) in [5.74, 6) is 0.112. The molecule has 0 unspecified atom stereocenters. The molecule has 82 valence electrons. The number of rotatable bonds is 4. The first-order chi connectivity index (χ1) is 6.65. The summed E-state index contributed by atoms with van der Waals surface area (Å²) in [7, 11) is 0. The Hall–Kier alpha value is -0.220. The zero-order valence-electron chi connectivity index (χ0n) is 9.08. The van der Waals surface area contributed by atoms with Gasteiger partial charge >= 0.3 is 0 Å². The van der Waals surface area contributed by atoms with Crippen LogP contribution in [0.4, 0.5) is 0 Å². The molecule has 4 heteroatoms. The number of carbonyl (C=O) groups is 1. The molecule has 1 N–H and O–H groups in total. The van der Waals surface area contributed by atoms with Crippen LogP contribution in [-0.2, 0) is 9.53 Å². The highest BCUT2D eigenvalue weighted by atomic mass is 32.2. The highest BCUT2D eigenvalue weighted by Gasteiger charge is 2.24. The van der Waals surface area contributed by atoms with Crippen LogP contribution in [0.5, 0.6) is 0 Å². The summed E-state index contributed by atoms with van der Waals surface area (Å²) in [6.07, 6.45) is 4.34. The van der Waals surface area contributed by atoms with Crippen molar-refractivity contribution in [1.82, 2.24) is 5.32 Å². The van der Waals surface area contributed by atoms with Crippen molar-refractivity contribution in [2.75, 3.05) is 12.9 Å². The number of nitrogens with one attached hydrogen (secondary N) is 1. The molecule has 0 radical (unpaired) electrons. The van der Waals surface area contributed by atoms with Gasteiger partial charge in [0.2, 0.25) is 5.91 Å². The topological polar surface area (TPSA) is 38.3 Å². The molecule has 0 aliphatic carbocycles. The zero-order valence-corrected chi connectivity index (χ0v) is 9.89. The van der Waals surface area contributed by atoms with Crippen LogP contribution in [0.1, 0.15) is 26.7 Å². The second-order valence-electron chi connectivity index (χ2n) is 3.73. The predicted octanol–water partition coefficient (Wildman–Crippen LogP) is 1.42. The van der Waals surface area contributed by atoms with Crippen LogP contribution in [0.3, 0.4) is 0 Å². The van der Waals surface area contributed by atoms with E-state index in [2.05, 4.69) is 5.32 Å². The van der Waals surface area contributed by atoms with Gasteiger partial charge in [-0.15, -0.1) is 0 Å². The van der Waals surface area contributed by atoms with E-state index in [4.69, 9.17) is 4.74 Å². The molecule has 3 nitrogen and oxygen atoms in total. The Balaban J connectivity index is 2.31. The fraction of sp³-hybridized carbons (Fsp3) is 0.900. The smallest absolute Gasteiger partial charge is 0.233 e. The zero-order chi connectivity index (χ0) is 10.6. The van der Waals surface area contributed by atoms with Crippen molar-refractivity contribution in [3.8, 4) is 0 Å². The summed E-state index contributed by atoms with van der Waals surface area (Å²) in [6, 6.07) is 0.139. The minimum atomic E-state index is 0.0267. The van der Waals surface area contributed by atoms with Crippen LogP contribution >= 0.6 is 11.8 Å². The minimum Gasteiger partial charge on any atom is -0.376 e.